The number of aliphatic imine (C=N–C) groups is 1. The molecule has 13 heavy (non-hydrogen) atoms. The quantitative estimate of drug-likeness (QED) is 0.646. The van der Waals surface area contributed by atoms with E-state index in [0.29, 0.717) is 12.5 Å². The number of guanidine groups is 1. The molecule has 0 aliphatic rings. The Labute approximate surface area is 90.2 Å². The van der Waals surface area contributed by atoms with Gasteiger partial charge in [-0.3, -0.25) is 0 Å². The van der Waals surface area contributed by atoms with Gasteiger partial charge < -0.3 is 11.1 Å². The van der Waals surface area contributed by atoms with Gasteiger partial charge in [0.25, 0.3) is 0 Å². The minimum Gasteiger partial charge on any atom is -0.370 e. The van der Waals surface area contributed by atoms with Crippen LogP contribution >= 0.6 is 27.3 Å². The molecule has 3 nitrogen and oxygen atoms in total. The summed E-state index contributed by atoms with van der Waals surface area (Å²) in [5.74, 6) is 0.507. The van der Waals surface area contributed by atoms with Crippen LogP contribution in [-0.4, -0.2) is 12.5 Å². The Bertz CT molecular complexity index is 295. The maximum atomic E-state index is 5.57. The number of thiophene rings is 1. The predicted molar refractivity (Wildman–Crippen MR) is 61.0 cm³/mol. The number of hydrogen-bond acceptors (Lipinski definition) is 2. The second kappa shape index (κ2) is 5.24. The van der Waals surface area contributed by atoms with E-state index in [1.165, 1.54) is 4.88 Å². The van der Waals surface area contributed by atoms with Crippen molar-refractivity contribution in [3.8, 4) is 0 Å². The highest BCUT2D eigenvalue weighted by Gasteiger charge is 1.96. The Hall–Kier alpha value is -0.550. The van der Waals surface area contributed by atoms with E-state index in [0.717, 1.165) is 10.3 Å². The average molecular weight is 262 g/mol. The molecule has 72 valence electrons. The molecular weight excluding hydrogens is 250 g/mol. The minimum atomic E-state index is 0.507. The second-order valence-electron chi connectivity index (χ2n) is 2.44. The number of nitrogens with zero attached hydrogens (tertiary/aromatic N) is 1. The van der Waals surface area contributed by atoms with Crippen LogP contribution in [0.2, 0.25) is 0 Å². The lowest BCUT2D eigenvalue weighted by molar-refractivity contribution is 0.929. The molecular formula is C8H12BrN3S. The molecule has 5 heteroatoms. The lowest BCUT2D eigenvalue weighted by atomic mass is 10.5. The van der Waals surface area contributed by atoms with Crippen LogP contribution in [0.3, 0.4) is 0 Å². The fourth-order valence-electron chi connectivity index (χ4n) is 0.837. The first-order valence-electron chi connectivity index (χ1n) is 4.00. The van der Waals surface area contributed by atoms with E-state index in [4.69, 9.17) is 5.73 Å². The molecule has 0 aromatic carbocycles. The average Bonchev–Trinajstić information content (AvgIpc) is 2.49. The Balaban J connectivity index is 2.46. The van der Waals surface area contributed by atoms with Crippen molar-refractivity contribution in [2.75, 3.05) is 6.54 Å². The van der Waals surface area contributed by atoms with E-state index < -0.39 is 0 Å². The molecule has 3 N–H and O–H groups in total. The first kappa shape index (κ1) is 10.5. The summed E-state index contributed by atoms with van der Waals surface area (Å²) in [7, 11) is 0. The number of hydrogen-bond donors (Lipinski definition) is 2. The number of nitrogens with two attached hydrogens (primary N) is 1. The Morgan fingerprint density at radius 1 is 1.69 bits per heavy atom. The summed E-state index contributed by atoms with van der Waals surface area (Å²) in [5, 5.41) is 2.94. The molecule has 0 spiro atoms. The van der Waals surface area contributed by atoms with Crippen molar-refractivity contribution in [2.45, 2.75) is 13.5 Å². The fraction of sp³-hybridized carbons (Fsp3) is 0.375. The lowest BCUT2D eigenvalue weighted by Gasteiger charge is -1.99. The predicted octanol–water partition coefficient (Wildman–Crippen LogP) is 1.93. The summed E-state index contributed by atoms with van der Waals surface area (Å²) < 4.78 is 1.12. The maximum absolute atomic E-state index is 5.57. The van der Waals surface area contributed by atoms with E-state index in [1.54, 1.807) is 11.3 Å². The highest BCUT2D eigenvalue weighted by atomic mass is 79.9. The number of halogens is 1. The van der Waals surface area contributed by atoms with Crippen molar-refractivity contribution in [1.82, 2.24) is 5.32 Å². The molecule has 0 radical (unpaired) electrons. The van der Waals surface area contributed by atoms with Gasteiger partial charge in [-0.1, -0.05) is 0 Å². The summed E-state index contributed by atoms with van der Waals surface area (Å²) in [6.07, 6.45) is 0. The molecule has 0 aliphatic carbocycles. The Morgan fingerprint density at radius 2 is 2.46 bits per heavy atom. The van der Waals surface area contributed by atoms with Crippen LogP contribution in [-0.2, 0) is 6.54 Å². The van der Waals surface area contributed by atoms with Gasteiger partial charge in [0.2, 0.25) is 0 Å². The lowest BCUT2D eigenvalue weighted by Crippen LogP contribution is -2.31. The van der Waals surface area contributed by atoms with Gasteiger partial charge in [0.1, 0.15) is 0 Å². The molecule has 1 aromatic heterocycles. The van der Waals surface area contributed by atoms with E-state index in [-0.39, 0.29) is 0 Å². The molecule has 0 saturated heterocycles. The van der Waals surface area contributed by atoms with Gasteiger partial charge in [-0.15, -0.1) is 11.3 Å². The zero-order chi connectivity index (χ0) is 9.68. The highest BCUT2D eigenvalue weighted by Crippen LogP contribution is 2.22. The summed E-state index contributed by atoms with van der Waals surface area (Å²) in [6, 6.07) is 4.05. The zero-order valence-corrected chi connectivity index (χ0v) is 9.78. The first-order valence-corrected chi connectivity index (χ1v) is 5.61. The largest absolute Gasteiger partial charge is 0.370 e. The fourth-order valence-corrected chi connectivity index (χ4v) is 2.24. The molecule has 1 rings (SSSR count). The minimum absolute atomic E-state index is 0.507. The van der Waals surface area contributed by atoms with Crippen LogP contribution in [0.15, 0.2) is 20.9 Å². The smallest absolute Gasteiger partial charge is 0.188 e. The third-order valence-electron chi connectivity index (χ3n) is 1.39. The molecule has 0 fully saturated rings. The van der Waals surface area contributed by atoms with E-state index in [9.17, 15) is 0 Å². The molecule has 0 saturated carbocycles. The van der Waals surface area contributed by atoms with Gasteiger partial charge in [-0.2, -0.15) is 0 Å². The van der Waals surface area contributed by atoms with Crippen molar-refractivity contribution < 1.29 is 0 Å². The first-order chi connectivity index (χ1) is 6.22. The Kier molecular flexibility index (Phi) is 4.24. The van der Waals surface area contributed by atoms with Gasteiger partial charge in [0, 0.05) is 11.4 Å². The van der Waals surface area contributed by atoms with Crippen LogP contribution in [0.5, 0.6) is 0 Å². The third-order valence-corrected chi connectivity index (χ3v) is 3.00. The van der Waals surface area contributed by atoms with Crippen molar-refractivity contribution in [2.24, 2.45) is 10.7 Å². The van der Waals surface area contributed by atoms with Crippen molar-refractivity contribution >= 4 is 33.2 Å². The molecule has 0 amide bonds. The molecule has 1 aromatic rings. The van der Waals surface area contributed by atoms with Crippen LogP contribution < -0.4 is 11.1 Å². The maximum Gasteiger partial charge on any atom is 0.188 e. The monoisotopic (exact) mass is 261 g/mol. The normalized spacial score (nSPS) is 11.7. The van der Waals surface area contributed by atoms with Crippen LogP contribution in [0.25, 0.3) is 0 Å². The topological polar surface area (TPSA) is 50.4 Å². The summed E-state index contributed by atoms with van der Waals surface area (Å²) in [5.41, 5.74) is 5.57. The van der Waals surface area contributed by atoms with Gasteiger partial charge in [-0.05, 0) is 35.0 Å². The second-order valence-corrected chi connectivity index (χ2v) is 4.99. The molecule has 0 bridgehead atoms. The van der Waals surface area contributed by atoms with Gasteiger partial charge in [-0.25, -0.2) is 4.99 Å². The van der Waals surface area contributed by atoms with Crippen LogP contribution in [0.4, 0.5) is 0 Å². The van der Waals surface area contributed by atoms with Crippen molar-refractivity contribution in [3.63, 3.8) is 0 Å². The molecule has 0 aliphatic heterocycles. The molecule has 0 atom stereocenters. The van der Waals surface area contributed by atoms with Gasteiger partial charge in [0.15, 0.2) is 5.96 Å². The summed E-state index contributed by atoms with van der Waals surface area (Å²) >= 11 is 5.07. The molecule has 0 unspecified atom stereocenters. The van der Waals surface area contributed by atoms with Gasteiger partial charge in [0.05, 0.1) is 10.3 Å². The highest BCUT2D eigenvalue weighted by molar-refractivity contribution is 9.11. The third kappa shape index (κ3) is 3.78. The number of nitrogens with one attached hydrogen (secondary N) is 1. The Morgan fingerprint density at radius 3 is 3.00 bits per heavy atom. The van der Waals surface area contributed by atoms with Crippen LogP contribution in [0.1, 0.15) is 11.8 Å². The number of rotatable bonds is 3. The zero-order valence-electron chi connectivity index (χ0n) is 7.38. The standard InChI is InChI=1S/C8H12BrN3S/c1-2-11-8(10)12-5-6-3-4-7(9)13-6/h3-4H,2,5H2,1H3,(H3,10,11,12). The molecule has 1 heterocycles. The van der Waals surface area contributed by atoms with Crippen LogP contribution in [0, 0.1) is 0 Å². The van der Waals surface area contributed by atoms with Crippen molar-refractivity contribution in [3.05, 3.63) is 20.8 Å². The SMILES string of the molecule is CCNC(N)=NCc1ccc(Br)s1. The van der Waals surface area contributed by atoms with E-state index in [1.807, 2.05) is 19.1 Å². The van der Waals surface area contributed by atoms with E-state index in [2.05, 4.69) is 26.2 Å². The summed E-state index contributed by atoms with van der Waals surface area (Å²) in [4.78, 5) is 5.37. The summed E-state index contributed by atoms with van der Waals surface area (Å²) in [6.45, 7) is 3.45. The van der Waals surface area contributed by atoms with Gasteiger partial charge >= 0.3 is 0 Å². The van der Waals surface area contributed by atoms with E-state index >= 15 is 0 Å². The van der Waals surface area contributed by atoms with Crippen molar-refractivity contribution in [1.29, 1.82) is 0 Å².